The predicted molar refractivity (Wildman–Crippen MR) is 110 cm³/mol. The van der Waals surface area contributed by atoms with Crippen molar-refractivity contribution < 1.29 is 4.74 Å². The summed E-state index contributed by atoms with van der Waals surface area (Å²) >= 11 is 0. The van der Waals surface area contributed by atoms with E-state index in [9.17, 15) is 0 Å². The Kier molecular flexibility index (Phi) is 4.34. The van der Waals surface area contributed by atoms with Gasteiger partial charge in [0.2, 0.25) is 0 Å². The number of rotatable bonds is 3. The third-order valence-electron chi connectivity index (χ3n) is 5.76. The van der Waals surface area contributed by atoms with Gasteiger partial charge in [-0.05, 0) is 72.7 Å². The largest absolute Gasteiger partial charge is 0.378 e. The van der Waals surface area contributed by atoms with Crippen LogP contribution in [0.1, 0.15) is 47.7 Å². The molecule has 1 aliphatic carbocycles. The molecule has 140 valence electrons. The van der Waals surface area contributed by atoms with Gasteiger partial charge in [0.25, 0.3) is 0 Å². The Morgan fingerprint density at radius 3 is 3.00 bits per heavy atom. The zero-order valence-corrected chi connectivity index (χ0v) is 15.7. The maximum absolute atomic E-state index is 9.17. The van der Waals surface area contributed by atoms with E-state index >= 15 is 0 Å². The lowest BCUT2D eigenvalue weighted by Gasteiger charge is -2.27. The number of nitriles is 1. The molecule has 28 heavy (non-hydrogen) atoms. The summed E-state index contributed by atoms with van der Waals surface area (Å²) in [5.41, 5.74) is 7.78. The molecule has 0 fully saturated rings. The molecular formula is C23H22N4O. The Bertz CT molecular complexity index is 1110. The molecule has 2 N–H and O–H groups in total. The van der Waals surface area contributed by atoms with Crippen LogP contribution in [0.5, 0.6) is 0 Å². The van der Waals surface area contributed by atoms with Gasteiger partial charge in [-0.3, -0.25) is 5.10 Å². The molecule has 2 heterocycles. The Hall–Kier alpha value is -3.10. The van der Waals surface area contributed by atoms with Gasteiger partial charge in [0, 0.05) is 11.1 Å². The van der Waals surface area contributed by atoms with Crippen LogP contribution in [0.15, 0.2) is 42.5 Å². The average molecular weight is 370 g/mol. The zero-order valence-electron chi connectivity index (χ0n) is 15.7. The summed E-state index contributed by atoms with van der Waals surface area (Å²) in [6, 6.07) is 15.0. The van der Waals surface area contributed by atoms with Gasteiger partial charge < -0.3 is 10.1 Å². The standard InChI is InChI=1S/C23H22N4O/c24-14-15-4-6-19-17(12-15)2-1-3-21(19)25-18-5-7-22-20(13-18)23(27-26-22)16-8-10-28-11-9-16/h4-8,12-13,21,25H,1-3,9-11H2,(H,26,27)/t21-/m0/s1. The number of ether oxygens (including phenoxy) is 1. The predicted octanol–water partition coefficient (Wildman–Crippen LogP) is 4.73. The second-order valence-corrected chi connectivity index (χ2v) is 7.50. The lowest BCUT2D eigenvalue weighted by Crippen LogP contribution is -2.17. The third kappa shape index (κ3) is 3.06. The fourth-order valence-corrected chi connectivity index (χ4v) is 4.33. The van der Waals surface area contributed by atoms with Crippen molar-refractivity contribution in [3.63, 3.8) is 0 Å². The zero-order chi connectivity index (χ0) is 18.9. The van der Waals surface area contributed by atoms with Gasteiger partial charge >= 0.3 is 0 Å². The molecule has 0 bridgehead atoms. The van der Waals surface area contributed by atoms with Gasteiger partial charge in [-0.15, -0.1) is 0 Å². The van der Waals surface area contributed by atoms with Crippen molar-refractivity contribution in [2.75, 3.05) is 18.5 Å². The third-order valence-corrected chi connectivity index (χ3v) is 5.76. The number of hydrogen-bond donors (Lipinski definition) is 2. The summed E-state index contributed by atoms with van der Waals surface area (Å²) in [6.45, 7) is 1.41. The second kappa shape index (κ2) is 7.14. The number of aromatic amines is 1. The van der Waals surface area contributed by atoms with Gasteiger partial charge in [0.15, 0.2) is 0 Å². The smallest absolute Gasteiger partial charge is 0.0991 e. The van der Waals surface area contributed by atoms with E-state index in [1.807, 2.05) is 12.1 Å². The molecule has 2 aliphatic rings. The molecule has 0 radical (unpaired) electrons. The monoisotopic (exact) mass is 370 g/mol. The molecule has 0 saturated carbocycles. The molecule has 5 rings (SSSR count). The quantitative estimate of drug-likeness (QED) is 0.699. The maximum atomic E-state index is 9.17. The van der Waals surface area contributed by atoms with Gasteiger partial charge in [0.05, 0.1) is 42.1 Å². The van der Waals surface area contributed by atoms with E-state index in [0.29, 0.717) is 6.61 Å². The fourth-order valence-electron chi connectivity index (χ4n) is 4.33. The number of benzene rings is 2. The SMILES string of the molecule is N#Cc1ccc2c(c1)CCC[C@@H]2Nc1ccc2[nH]nc(C3=CCOCC3)c2c1. The van der Waals surface area contributed by atoms with Gasteiger partial charge in [-0.25, -0.2) is 0 Å². The number of aryl methyl sites for hydroxylation is 1. The van der Waals surface area contributed by atoms with Crippen LogP contribution in [0.2, 0.25) is 0 Å². The highest BCUT2D eigenvalue weighted by atomic mass is 16.5. The van der Waals surface area contributed by atoms with E-state index in [4.69, 9.17) is 10.00 Å². The molecule has 1 atom stereocenters. The first-order chi connectivity index (χ1) is 13.8. The molecule has 0 unspecified atom stereocenters. The summed E-state index contributed by atoms with van der Waals surface area (Å²) in [5.74, 6) is 0. The van der Waals surface area contributed by atoms with E-state index in [0.717, 1.165) is 60.1 Å². The van der Waals surface area contributed by atoms with Crippen molar-refractivity contribution in [2.45, 2.75) is 31.7 Å². The van der Waals surface area contributed by atoms with Crippen LogP contribution in [0.3, 0.4) is 0 Å². The molecule has 2 aromatic carbocycles. The van der Waals surface area contributed by atoms with Gasteiger partial charge in [-0.1, -0.05) is 12.1 Å². The average Bonchev–Trinajstić information content (AvgIpc) is 3.17. The molecule has 0 saturated heterocycles. The molecule has 1 aliphatic heterocycles. The first kappa shape index (κ1) is 17.0. The lowest BCUT2D eigenvalue weighted by atomic mass is 9.86. The molecule has 0 spiro atoms. The van der Waals surface area contributed by atoms with E-state index in [1.54, 1.807) is 0 Å². The van der Waals surface area contributed by atoms with Crippen molar-refractivity contribution in [3.05, 3.63) is 64.9 Å². The number of anilines is 1. The Labute approximate surface area is 164 Å². The van der Waals surface area contributed by atoms with E-state index in [-0.39, 0.29) is 6.04 Å². The lowest BCUT2D eigenvalue weighted by molar-refractivity contribution is 0.161. The number of nitrogens with one attached hydrogen (secondary N) is 2. The molecule has 3 aromatic rings. The molecule has 0 amide bonds. The number of aromatic nitrogens is 2. The number of fused-ring (bicyclic) bond motifs is 2. The Morgan fingerprint density at radius 2 is 2.14 bits per heavy atom. The first-order valence-electron chi connectivity index (χ1n) is 9.86. The molecule has 5 heteroatoms. The van der Waals surface area contributed by atoms with Crippen LogP contribution in [0, 0.1) is 11.3 Å². The molecular weight excluding hydrogens is 348 g/mol. The normalized spacial score (nSPS) is 19.0. The Morgan fingerprint density at radius 1 is 1.18 bits per heavy atom. The first-order valence-corrected chi connectivity index (χ1v) is 9.86. The summed E-state index contributed by atoms with van der Waals surface area (Å²) < 4.78 is 5.44. The van der Waals surface area contributed by atoms with E-state index < -0.39 is 0 Å². The highest BCUT2D eigenvalue weighted by Gasteiger charge is 2.21. The molecule has 1 aromatic heterocycles. The van der Waals surface area contributed by atoms with Crippen molar-refractivity contribution in [1.29, 1.82) is 5.26 Å². The van der Waals surface area contributed by atoms with Gasteiger partial charge in [0.1, 0.15) is 0 Å². The van der Waals surface area contributed by atoms with Crippen LogP contribution >= 0.6 is 0 Å². The summed E-state index contributed by atoms with van der Waals surface area (Å²) in [4.78, 5) is 0. The summed E-state index contributed by atoms with van der Waals surface area (Å²) in [5, 5.41) is 21.7. The number of H-pyrrole nitrogens is 1. The number of hydrogen-bond acceptors (Lipinski definition) is 4. The van der Waals surface area contributed by atoms with E-state index in [2.05, 4.69) is 51.9 Å². The highest BCUT2D eigenvalue weighted by Crippen LogP contribution is 2.35. The maximum Gasteiger partial charge on any atom is 0.0991 e. The minimum absolute atomic E-state index is 0.270. The minimum Gasteiger partial charge on any atom is -0.378 e. The van der Waals surface area contributed by atoms with Crippen LogP contribution in [0.25, 0.3) is 16.5 Å². The number of nitrogens with zero attached hydrogens (tertiary/aromatic N) is 2. The summed E-state index contributed by atoms with van der Waals surface area (Å²) in [6.07, 6.45) is 6.30. The highest BCUT2D eigenvalue weighted by molar-refractivity contribution is 5.92. The minimum atomic E-state index is 0.270. The van der Waals surface area contributed by atoms with Crippen molar-refractivity contribution in [3.8, 4) is 6.07 Å². The van der Waals surface area contributed by atoms with Crippen molar-refractivity contribution >= 4 is 22.2 Å². The summed E-state index contributed by atoms with van der Waals surface area (Å²) in [7, 11) is 0. The Balaban J connectivity index is 1.46. The van der Waals surface area contributed by atoms with Crippen LogP contribution in [-0.2, 0) is 11.2 Å². The molecule has 5 nitrogen and oxygen atoms in total. The van der Waals surface area contributed by atoms with Crippen molar-refractivity contribution in [2.24, 2.45) is 0 Å². The fraction of sp³-hybridized carbons (Fsp3) is 0.304. The van der Waals surface area contributed by atoms with Crippen LogP contribution in [-0.4, -0.2) is 23.4 Å². The van der Waals surface area contributed by atoms with Crippen LogP contribution < -0.4 is 5.32 Å². The van der Waals surface area contributed by atoms with Gasteiger partial charge in [-0.2, -0.15) is 10.4 Å². The second-order valence-electron chi connectivity index (χ2n) is 7.50. The van der Waals surface area contributed by atoms with E-state index in [1.165, 1.54) is 16.7 Å². The topological polar surface area (TPSA) is 73.7 Å². The van der Waals surface area contributed by atoms with Crippen molar-refractivity contribution in [1.82, 2.24) is 10.2 Å². The van der Waals surface area contributed by atoms with Crippen LogP contribution in [0.4, 0.5) is 5.69 Å².